The number of esters is 1. The van der Waals surface area contributed by atoms with Gasteiger partial charge in [0.1, 0.15) is 0 Å². The zero-order chi connectivity index (χ0) is 9.84. The minimum absolute atomic E-state index is 0.151. The van der Waals surface area contributed by atoms with Gasteiger partial charge in [0.2, 0.25) is 0 Å². The van der Waals surface area contributed by atoms with Gasteiger partial charge in [-0.05, 0) is 12.8 Å². The molecule has 1 aliphatic carbocycles. The van der Waals surface area contributed by atoms with E-state index in [0.717, 1.165) is 0 Å². The van der Waals surface area contributed by atoms with Gasteiger partial charge in [0.05, 0.1) is 17.6 Å². The summed E-state index contributed by atoms with van der Waals surface area (Å²) < 4.78 is 24.1. The Morgan fingerprint density at radius 1 is 1.54 bits per heavy atom. The molecule has 0 aromatic carbocycles. The van der Waals surface area contributed by atoms with Crippen molar-refractivity contribution >= 4 is 17.0 Å². The van der Waals surface area contributed by atoms with Crippen LogP contribution in [-0.4, -0.2) is 21.8 Å². The maximum Gasteiger partial charge on any atom is 0.338 e. The second kappa shape index (κ2) is 4.34. The Labute approximate surface area is 78.6 Å². The minimum Gasteiger partial charge on any atom is -0.465 e. The number of methoxy groups -OCH3 is 1. The number of hydrogen-bond acceptors (Lipinski definition) is 3. The topological polar surface area (TPSA) is 63.6 Å². The molecule has 0 aromatic heterocycles. The van der Waals surface area contributed by atoms with Crippen LogP contribution in [0.3, 0.4) is 0 Å². The molecule has 0 fully saturated rings. The Hall–Kier alpha value is -0.940. The molecule has 0 heterocycles. The molecule has 5 heteroatoms. The minimum atomic E-state index is -2.11. The highest BCUT2D eigenvalue weighted by Gasteiger charge is 2.20. The predicted molar refractivity (Wildman–Crippen MR) is 48.2 cm³/mol. The van der Waals surface area contributed by atoms with Gasteiger partial charge >= 0.3 is 5.97 Å². The van der Waals surface area contributed by atoms with Crippen LogP contribution in [0.15, 0.2) is 22.6 Å². The van der Waals surface area contributed by atoms with Crippen LogP contribution >= 0.6 is 0 Å². The Morgan fingerprint density at radius 2 is 2.15 bits per heavy atom. The van der Waals surface area contributed by atoms with Gasteiger partial charge in [-0.2, -0.15) is 0 Å². The Morgan fingerprint density at radius 3 is 2.69 bits per heavy atom. The van der Waals surface area contributed by atoms with E-state index in [1.54, 1.807) is 12.2 Å². The van der Waals surface area contributed by atoms with E-state index in [-0.39, 0.29) is 10.5 Å². The molecule has 0 aromatic rings. The van der Waals surface area contributed by atoms with Crippen molar-refractivity contribution in [3.8, 4) is 0 Å². The first kappa shape index (κ1) is 10.1. The fourth-order valence-corrected chi connectivity index (χ4v) is 1.73. The third-order valence-electron chi connectivity index (χ3n) is 1.70. The van der Waals surface area contributed by atoms with Crippen LogP contribution in [0.2, 0.25) is 0 Å². The summed E-state index contributed by atoms with van der Waals surface area (Å²) in [5, 5.41) is 0. The van der Waals surface area contributed by atoms with Crippen molar-refractivity contribution in [3.63, 3.8) is 0 Å². The van der Waals surface area contributed by atoms with Gasteiger partial charge in [-0.1, -0.05) is 12.2 Å². The van der Waals surface area contributed by atoms with Crippen molar-refractivity contribution in [2.75, 3.05) is 7.11 Å². The average molecular weight is 202 g/mol. The number of allylic oxidation sites excluding steroid dienone is 2. The summed E-state index contributed by atoms with van der Waals surface area (Å²) in [6.07, 6.45) is 4.59. The summed E-state index contributed by atoms with van der Waals surface area (Å²) in [5.74, 6) is -0.562. The lowest BCUT2D eigenvalue weighted by atomic mass is 10.1. The first-order chi connectivity index (χ1) is 6.16. The van der Waals surface area contributed by atoms with E-state index in [1.807, 2.05) is 0 Å². The molecule has 1 unspecified atom stereocenters. The van der Waals surface area contributed by atoms with Crippen LogP contribution in [0.25, 0.3) is 0 Å². The molecular formula is C8H10O4S. The van der Waals surface area contributed by atoms with Crippen molar-refractivity contribution in [2.24, 2.45) is 0 Å². The van der Waals surface area contributed by atoms with E-state index in [0.29, 0.717) is 12.8 Å². The van der Waals surface area contributed by atoms with Crippen molar-refractivity contribution < 1.29 is 18.3 Å². The molecule has 1 rings (SSSR count). The van der Waals surface area contributed by atoms with Gasteiger partial charge in [0.25, 0.3) is 0 Å². The zero-order valence-electron chi connectivity index (χ0n) is 7.15. The van der Waals surface area contributed by atoms with Crippen molar-refractivity contribution in [3.05, 3.63) is 22.6 Å². The van der Waals surface area contributed by atoms with Gasteiger partial charge in [-0.25, -0.2) is 9.00 Å². The molecule has 1 aliphatic rings. The van der Waals surface area contributed by atoms with Crippen molar-refractivity contribution in [1.29, 1.82) is 0 Å². The highest BCUT2D eigenvalue weighted by molar-refractivity contribution is 7.83. The molecule has 72 valence electrons. The molecule has 4 nitrogen and oxygen atoms in total. The van der Waals surface area contributed by atoms with E-state index in [2.05, 4.69) is 4.74 Å². The van der Waals surface area contributed by atoms with Crippen LogP contribution in [0.5, 0.6) is 0 Å². The molecule has 0 saturated heterocycles. The van der Waals surface area contributed by atoms with E-state index < -0.39 is 17.0 Å². The summed E-state index contributed by atoms with van der Waals surface area (Å²) in [6, 6.07) is 0. The van der Waals surface area contributed by atoms with Gasteiger partial charge in [0.15, 0.2) is 11.1 Å². The summed E-state index contributed by atoms with van der Waals surface area (Å²) in [6.45, 7) is 0. The Balaban J connectivity index is 2.94. The molecule has 0 radical (unpaired) electrons. The van der Waals surface area contributed by atoms with Gasteiger partial charge in [-0.3, -0.25) is 0 Å². The number of ether oxygens (including phenoxy) is 1. The Bertz CT molecular complexity index is 303. The maximum absolute atomic E-state index is 11.1. The first-order valence-electron chi connectivity index (χ1n) is 3.76. The third kappa shape index (κ3) is 2.26. The predicted octanol–water partition coefficient (Wildman–Crippen LogP) is 0.985. The molecule has 13 heavy (non-hydrogen) atoms. The third-order valence-corrected chi connectivity index (χ3v) is 2.47. The average Bonchev–Trinajstić information content (AvgIpc) is 2.16. The van der Waals surface area contributed by atoms with Gasteiger partial charge < -0.3 is 9.29 Å². The molecule has 0 bridgehead atoms. The van der Waals surface area contributed by atoms with Crippen LogP contribution in [-0.2, 0) is 20.6 Å². The largest absolute Gasteiger partial charge is 0.465 e. The lowest BCUT2D eigenvalue weighted by Crippen LogP contribution is -2.12. The fraction of sp³-hybridized carbons (Fsp3) is 0.375. The number of carbonyl (C=O) groups is 1. The molecular weight excluding hydrogens is 192 g/mol. The van der Waals surface area contributed by atoms with Crippen molar-refractivity contribution in [2.45, 2.75) is 12.8 Å². The van der Waals surface area contributed by atoms with Crippen LogP contribution in [0.1, 0.15) is 12.8 Å². The van der Waals surface area contributed by atoms with Crippen LogP contribution < -0.4 is 0 Å². The van der Waals surface area contributed by atoms with E-state index in [9.17, 15) is 9.00 Å². The van der Waals surface area contributed by atoms with Crippen LogP contribution in [0, 0.1) is 0 Å². The Kier molecular flexibility index (Phi) is 3.39. The molecule has 0 spiro atoms. The lowest BCUT2D eigenvalue weighted by molar-refractivity contribution is -0.135. The molecule has 1 N–H and O–H groups in total. The van der Waals surface area contributed by atoms with E-state index >= 15 is 0 Å². The summed E-state index contributed by atoms with van der Waals surface area (Å²) in [7, 11) is 1.25. The number of hydrogen-bond donors (Lipinski definition) is 1. The summed E-state index contributed by atoms with van der Waals surface area (Å²) in [5.41, 5.74) is 0.203. The number of rotatable bonds is 2. The number of carbonyl (C=O) groups excluding carboxylic acids is 1. The maximum atomic E-state index is 11.1. The molecule has 0 saturated carbocycles. The highest BCUT2D eigenvalue weighted by Crippen LogP contribution is 2.21. The SMILES string of the molecule is COC(=O)C1=CCCC=C1S(=O)O. The van der Waals surface area contributed by atoms with Gasteiger partial charge in [-0.15, -0.1) is 0 Å². The standard InChI is InChI=1S/C8H10O4S/c1-12-8(9)6-4-2-3-5-7(6)13(10)11/h4-5H,2-3H2,1H3,(H,10,11). The molecule has 1 atom stereocenters. The highest BCUT2D eigenvalue weighted by atomic mass is 32.2. The van der Waals surface area contributed by atoms with E-state index in [4.69, 9.17) is 4.55 Å². The van der Waals surface area contributed by atoms with Crippen LogP contribution in [0.4, 0.5) is 0 Å². The van der Waals surface area contributed by atoms with Crippen molar-refractivity contribution in [1.82, 2.24) is 0 Å². The monoisotopic (exact) mass is 202 g/mol. The second-order valence-corrected chi connectivity index (χ2v) is 3.44. The van der Waals surface area contributed by atoms with E-state index in [1.165, 1.54) is 7.11 Å². The van der Waals surface area contributed by atoms with Gasteiger partial charge in [0, 0.05) is 0 Å². The zero-order valence-corrected chi connectivity index (χ0v) is 7.97. The quantitative estimate of drug-likeness (QED) is 0.535. The normalized spacial score (nSPS) is 18.6. The lowest BCUT2D eigenvalue weighted by Gasteiger charge is -2.10. The summed E-state index contributed by atoms with van der Waals surface area (Å²) in [4.78, 5) is 11.3. The second-order valence-electron chi connectivity index (χ2n) is 2.50. The molecule has 0 amide bonds. The summed E-state index contributed by atoms with van der Waals surface area (Å²) >= 11 is -2.11. The molecule has 0 aliphatic heterocycles. The fourth-order valence-electron chi connectivity index (χ4n) is 1.11. The smallest absolute Gasteiger partial charge is 0.338 e. The first-order valence-corrected chi connectivity index (χ1v) is 4.87.